The molecule has 0 fully saturated rings. The van der Waals surface area contributed by atoms with E-state index < -0.39 is 35.8 Å². The summed E-state index contributed by atoms with van der Waals surface area (Å²) in [6.45, 7) is 5.21. The predicted molar refractivity (Wildman–Crippen MR) is 111 cm³/mol. The molecule has 2 N–H and O–H groups in total. The first-order valence-electron chi connectivity index (χ1n) is 9.68. The lowest BCUT2D eigenvalue weighted by Gasteiger charge is -2.29. The molecule has 7 heteroatoms. The molecule has 2 aromatic carbocycles. The number of carboxylic acids is 1. The van der Waals surface area contributed by atoms with Crippen molar-refractivity contribution in [1.29, 1.82) is 0 Å². The summed E-state index contributed by atoms with van der Waals surface area (Å²) in [5, 5.41) is 11.9. The number of rotatable bonds is 8. The van der Waals surface area contributed by atoms with Crippen molar-refractivity contribution in [3.05, 3.63) is 71.8 Å². The Hall–Kier alpha value is -3.35. The third-order valence-electron chi connectivity index (χ3n) is 4.11. The Labute approximate surface area is 176 Å². The van der Waals surface area contributed by atoms with E-state index in [1.165, 1.54) is 0 Å². The largest absolute Gasteiger partial charge is 0.481 e. The fraction of sp³-hybridized carbons (Fsp3) is 0.348. The molecule has 2 aromatic rings. The maximum atomic E-state index is 12.6. The molecule has 7 nitrogen and oxygen atoms in total. The number of carboxylic acid groups (broad SMARTS) is 1. The summed E-state index contributed by atoms with van der Waals surface area (Å²) in [4.78, 5) is 36.3. The Balaban J connectivity index is 2.31. The first-order valence-corrected chi connectivity index (χ1v) is 9.68. The van der Waals surface area contributed by atoms with Crippen molar-refractivity contribution >= 4 is 18.0 Å². The molecule has 0 radical (unpaired) electrons. The first-order chi connectivity index (χ1) is 14.2. The number of aliphatic carboxylic acids is 1. The lowest BCUT2D eigenvalue weighted by molar-refractivity contribution is -0.137. The van der Waals surface area contributed by atoms with Gasteiger partial charge >= 0.3 is 18.0 Å². The zero-order valence-electron chi connectivity index (χ0n) is 17.3. The van der Waals surface area contributed by atoms with Gasteiger partial charge in [-0.2, -0.15) is 0 Å². The van der Waals surface area contributed by atoms with Crippen LogP contribution in [0.4, 0.5) is 4.79 Å². The zero-order valence-corrected chi connectivity index (χ0v) is 17.3. The van der Waals surface area contributed by atoms with Crippen molar-refractivity contribution in [2.75, 3.05) is 0 Å². The summed E-state index contributed by atoms with van der Waals surface area (Å²) in [5.41, 5.74) is 0.282. The molecule has 30 heavy (non-hydrogen) atoms. The van der Waals surface area contributed by atoms with Crippen LogP contribution in [-0.4, -0.2) is 34.8 Å². The predicted octanol–water partition coefficient (Wildman–Crippen LogP) is 4.34. The summed E-state index contributed by atoms with van der Waals surface area (Å²) in [7, 11) is 0. The highest BCUT2D eigenvalue weighted by atomic mass is 16.6. The average molecular weight is 413 g/mol. The molecule has 0 bridgehead atoms. The van der Waals surface area contributed by atoms with E-state index in [4.69, 9.17) is 14.6 Å². The van der Waals surface area contributed by atoms with Crippen molar-refractivity contribution in [1.82, 2.24) is 5.32 Å². The molecule has 0 aliphatic heterocycles. The molecule has 0 unspecified atom stereocenters. The van der Waals surface area contributed by atoms with Gasteiger partial charge in [0, 0.05) is 6.42 Å². The van der Waals surface area contributed by atoms with Gasteiger partial charge < -0.3 is 19.9 Å². The van der Waals surface area contributed by atoms with Crippen molar-refractivity contribution in [2.24, 2.45) is 0 Å². The zero-order chi connectivity index (χ0) is 22.1. The van der Waals surface area contributed by atoms with Crippen molar-refractivity contribution in [3.63, 3.8) is 0 Å². The minimum Gasteiger partial charge on any atom is -0.481 e. The quantitative estimate of drug-likeness (QED) is 0.624. The van der Waals surface area contributed by atoms with Crippen LogP contribution in [-0.2, 0) is 14.3 Å². The summed E-state index contributed by atoms with van der Waals surface area (Å²) >= 11 is 0. The molecule has 0 aromatic heterocycles. The van der Waals surface area contributed by atoms with Crippen LogP contribution < -0.4 is 5.32 Å². The Morgan fingerprint density at radius 1 is 0.967 bits per heavy atom. The summed E-state index contributed by atoms with van der Waals surface area (Å²) in [5.74, 6) is -1.63. The molecule has 1 amide bonds. The fourth-order valence-electron chi connectivity index (χ4n) is 2.82. The van der Waals surface area contributed by atoms with Gasteiger partial charge in [0.15, 0.2) is 0 Å². The maximum Gasteiger partial charge on any atom is 0.408 e. The summed E-state index contributed by atoms with van der Waals surface area (Å²) < 4.78 is 11.0. The molecule has 0 aliphatic carbocycles. The van der Waals surface area contributed by atoms with Crippen LogP contribution in [0, 0.1) is 0 Å². The molecule has 2 rings (SSSR count). The van der Waals surface area contributed by atoms with Gasteiger partial charge in [-0.05, 0) is 44.9 Å². The highest BCUT2D eigenvalue weighted by Gasteiger charge is 2.31. The third kappa shape index (κ3) is 7.58. The van der Waals surface area contributed by atoms with Gasteiger partial charge in [0.25, 0.3) is 0 Å². The number of esters is 1. The molecule has 2 atom stereocenters. The molecule has 0 saturated carbocycles. The monoisotopic (exact) mass is 413 g/mol. The second kappa shape index (κ2) is 10.4. The maximum absolute atomic E-state index is 12.6. The Bertz CT molecular complexity index is 845. The van der Waals surface area contributed by atoms with E-state index in [1.54, 1.807) is 75.4 Å². The van der Waals surface area contributed by atoms with Gasteiger partial charge in [-0.25, -0.2) is 9.59 Å². The van der Waals surface area contributed by atoms with Crippen LogP contribution in [0.25, 0.3) is 0 Å². The van der Waals surface area contributed by atoms with Gasteiger partial charge in [0.2, 0.25) is 0 Å². The van der Waals surface area contributed by atoms with Gasteiger partial charge in [0.05, 0.1) is 11.6 Å². The fourth-order valence-corrected chi connectivity index (χ4v) is 2.82. The number of nitrogens with one attached hydrogen (secondary N) is 1. The molecule has 0 aliphatic rings. The molecule has 160 valence electrons. The number of hydrogen-bond donors (Lipinski definition) is 2. The van der Waals surface area contributed by atoms with Gasteiger partial charge in [-0.15, -0.1) is 0 Å². The topological polar surface area (TPSA) is 102 Å². The van der Waals surface area contributed by atoms with Crippen LogP contribution in [0.15, 0.2) is 60.7 Å². The highest BCUT2D eigenvalue weighted by Crippen LogP contribution is 2.25. The SMILES string of the molecule is CC(C)(C)OC(=O)N[C@H](c1ccccc1)[C@@H](CCC(=O)O)OC(=O)c1ccccc1. The number of carbonyl (C=O) groups is 3. The second-order valence-corrected chi connectivity index (χ2v) is 7.78. The van der Waals surface area contributed by atoms with E-state index in [0.29, 0.717) is 11.1 Å². The van der Waals surface area contributed by atoms with E-state index in [9.17, 15) is 14.4 Å². The van der Waals surface area contributed by atoms with E-state index in [0.717, 1.165) is 0 Å². The molecule has 0 heterocycles. The van der Waals surface area contributed by atoms with Gasteiger partial charge in [-0.1, -0.05) is 48.5 Å². The number of benzene rings is 2. The average Bonchev–Trinajstić information content (AvgIpc) is 2.69. The second-order valence-electron chi connectivity index (χ2n) is 7.78. The van der Waals surface area contributed by atoms with Crippen LogP contribution in [0.2, 0.25) is 0 Å². The molecule has 0 spiro atoms. The van der Waals surface area contributed by atoms with Gasteiger partial charge in [-0.3, -0.25) is 4.79 Å². The summed E-state index contributed by atoms with van der Waals surface area (Å²) in [6, 6.07) is 16.5. The summed E-state index contributed by atoms with van der Waals surface area (Å²) in [6.07, 6.45) is -1.81. The number of carbonyl (C=O) groups excluding carboxylic acids is 2. The lowest BCUT2D eigenvalue weighted by atomic mass is 9.97. The minimum atomic E-state index is -1.03. The Morgan fingerprint density at radius 2 is 1.53 bits per heavy atom. The van der Waals surface area contributed by atoms with Crippen LogP contribution >= 0.6 is 0 Å². The van der Waals surface area contributed by atoms with Gasteiger partial charge in [0.1, 0.15) is 11.7 Å². The van der Waals surface area contributed by atoms with Crippen LogP contribution in [0.5, 0.6) is 0 Å². The normalized spacial score (nSPS) is 13.0. The standard InChI is InChI=1S/C23H27NO6/c1-23(2,3)30-22(28)24-20(16-10-6-4-7-11-16)18(14-15-19(25)26)29-21(27)17-12-8-5-9-13-17/h4-13,18,20H,14-15H2,1-3H3,(H,24,28)(H,25,26)/t18-,20-/m1/s1. The van der Waals surface area contributed by atoms with Crippen molar-refractivity contribution < 1.29 is 29.0 Å². The Kier molecular flexibility index (Phi) is 7.98. The van der Waals surface area contributed by atoms with Crippen molar-refractivity contribution in [3.8, 4) is 0 Å². The van der Waals surface area contributed by atoms with Crippen LogP contribution in [0.3, 0.4) is 0 Å². The van der Waals surface area contributed by atoms with Crippen LogP contribution in [0.1, 0.15) is 55.6 Å². The van der Waals surface area contributed by atoms with E-state index in [1.807, 2.05) is 6.07 Å². The van der Waals surface area contributed by atoms with E-state index in [-0.39, 0.29) is 12.8 Å². The van der Waals surface area contributed by atoms with E-state index in [2.05, 4.69) is 5.32 Å². The first kappa shape index (κ1) is 22.9. The smallest absolute Gasteiger partial charge is 0.408 e. The van der Waals surface area contributed by atoms with E-state index >= 15 is 0 Å². The minimum absolute atomic E-state index is 0.0171. The third-order valence-corrected chi connectivity index (χ3v) is 4.11. The Morgan fingerprint density at radius 3 is 2.07 bits per heavy atom. The number of ether oxygens (including phenoxy) is 2. The van der Waals surface area contributed by atoms with Crippen molar-refractivity contribution in [2.45, 2.75) is 51.4 Å². The molecular formula is C23H27NO6. The number of alkyl carbamates (subject to hydrolysis) is 1. The lowest BCUT2D eigenvalue weighted by Crippen LogP contribution is -2.41. The highest BCUT2D eigenvalue weighted by molar-refractivity contribution is 5.89. The number of hydrogen-bond acceptors (Lipinski definition) is 5. The molecule has 0 saturated heterocycles. The molecular weight excluding hydrogens is 386 g/mol. The number of amides is 1.